The summed E-state index contributed by atoms with van der Waals surface area (Å²) in [5.74, 6) is 1.10. The van der Waals surface area contributed by atoms with Crippen LogP contribution in [0.4, 0.5) is 0 Å². The quantitative estimate of drug-likeness (QED) is 0.722. The predicted molar refractivity (Wildman–Crippen MR) is 78.3 cm³/mol. The number of nitrogens with zero attached hydrogens (tertiary/aromatic N) is 1. The Labute approximate surface area is 125 Å². The van der Waals surface area contributed by atoms with E-state index in [0.29, 0.717) is 6.42 Å². The summed E-state index contributed by atoms with van der Waals surface area (Å²) < 4.78 is 23.1. The lowest BCUT2D eigenvalue weighted by molar-refractivity contribution is -0.141. The molecule has 1 atom stereocenters. The molecule has 1 N–H and O–H groups in total. The molecule has 1 fully saturated rings. The second-order valence-electron chi connectivity index (χ2n) is 6.19. The van der Waals surface area contributed by atoms with Crippen molar-refractivity contribution in [2.24, 2.45) is 5.41 Å². The highest BCUT2D eigenvalue weighted by Crippen LogP contribution is 2.27. The van der Waals surface area contributed by atoms with Gasteiger partial charge in [-0.15, -0.1) is 6.42 Å². The van der Waals surface area contributed by atoms with Gasteiger partial charge in [-0.2, -0.15) is 0 Å². The molecule has 1 amide bonds. The van der Waals surface area contributed by atoms with Gasteiger partial charge in [-0.25, -0.2) is 8.42 Å². The van der Waals surface area contributed by atoms with Crippen molar-refractivity contribution >= 4 is 21.7 Å². The summed E-state index contributed by atoms with van der Waals surface area (Å²) in [5, 5.41) is 8.85. The molecule has 1 rings (SSSR count). The van der Waals surface area contributed by atoms with Crippen LogP contribution < -0.4 is 0 Å². The molecule has 1 aliphatic rings. The lowest BCUT2D eigenvalue weighted by atomic mass is 9.85. The molecular weight excluding hydrogens is 294 g/mol. The summed E-state index contributed by atoms with van der Waals surface area (Å²) in [6.45, 7) is 3.43. The zero-order valence-electron chi connectivity index (χ0n) is 12.3. The van der Waals surface area contributed by atoms with Crippen LogP contribution in [0.2, 0.25) is 0 Å². The van der Waals surface area contributed by atoms with Crippen LogP contribution in [-0.4, -0.2) is 54.4 Å². The van der Waals surface area contributed by atoms with Crippen LogP contribution in [0.1, 0.15) is 33.1 Å². The normalized spacial score (nSPS) is 20.7. The lowest BCUT2D eigenvalue weighted by Gasteiger charge is -2.30. The van der Waals surface area contributed by atoms with Crippen LogP contribution in [-0.2, 0) is 19.4 Å². The number of carbonyl (C=O) groups is 2. The largest absolute Gasteiger partial charge is 0.481 e. The first-order chi connectivity index (χ1) is 9.56. The molecule has 0 aromatic rings. The van der Waals surface area contributed by atoms with E-state index in [1.54, 1.807) is 13.8 Å². The molecule has 0 spiro atoms. The topological polar surface area (TPSA) is 91.8 Å². The van der Waals surface area contributed by atoms with Crippen molar-refractivity contribution in [2.45, 2.75) is 39.2 Å². The molecular formula is C14H21NO5S. The predicted octanol–water partition coefficient (Wildman–Crippen LogP) is 0.526. The first-order valence-electron chi connectivity index (χ1n) is 6.71. The van der Waals surface area contributed by atoms with Gasteiger partial charge in [0.2, 0.25) is 5.91 Å². The number of carbonyl (C=O) groups excluding carboxylic acids is 1. The Bertz CT molecular complexity index is 558. The minimum absolute atomic E-state index is 0.0253. The van der Waals surface area contributed by atoms with Gasteiger partial charge in [-0.05, 0) is 11.8 Å². The van der Waals surface area contributed by atoms with E-state index < -0.39 is 27.3 Å². The molecule has 6 nitrogen and oxygen atoms in total. The number of terminal acetylenes is 1. The van der Waals surface area contributed by atoms with Crippen molar-refractivity contribution in [3.8, 4) is 12.3 Å². The molecule has 1 heterocycles. The summed E-state index contributed by atoms with van der Waals surface area (Å²) in [6, 6.07) is -0.404. The third-order valence-electron chi connectivity index (χ3n) is 3.49. The first kappa shape index (κ1) is 17.5. The molecule has 1 aliphatic heterocycles. The summed E-state index contributed by atoms with van der Waals surface area (Å²) in [4.78, 5) is 24.6. The minimum Gasteiger partial charge on any atom is -0.481 e. The second-order valence-corrected chi connectivity index (χ2v) is 8.42. The highest BCUT2D eigenvalue weighted by atomic mass is 32.2. The van der Waals surface area contributed by atoms with Gasteiger partial charge in [0.1, 0.15) is 0 Å². The molecule has 0 aromatic heterocycles. The van der Waals surface area contributed by atoms with E-state index in [-0.39, 0.29) is 36.8 Å². The first-order valence-corrected chi connectivity index (χ1v) is 8.53. The Balaban J connectivity index is 2.80. The van der Waals surface area contributed by atoms with Crippen molar-refractivity contribution in [2.75, 3.05) is 18.1 Å². The van der Waals surface area contributed by atoms with Gasteiger partial charge in [0.25, 0.3) is 0 Å². The van der Waals surface area contributed by atoms with Gasteiger partial charge >= 0.3 is 5.97 Å². The van der Waals surface area contributed by atoms with E-state index in [0.717, 1.165) is 0 Å². The van der Waals surface area contributed by atoms with Gasteiger partial charge in [0, 0.05) is 12.5 Å². The van der Waals surface area contributed by atoms with E-state index in [2.05, 4.69) is 5.92 Å². The van der Waals surface area contributed by atoms with Crippen LogP contribution in [0, 0.1) is 17.8 Å². The Morgan fingerprint density at radius 2 is 2.00 bits per heavy atom. The van der Waals surface area contributed by atoms with Crippen molar-refractivity contribution in [1.82, 2.24) is 4.90 Å². The maximum atomic E-state index is 12.4. The molecule has 0 radical (unpaired) electrons. The van der Waals surface area contributed by atoms with Crippen LogP contribution in [0.3, 0.4) is 0 Å². The van der Waals surface area contributed by atoms with Gasteiger partial charge in [-0.3, -0.25) is 9.59 Å². The van der Waals surface area contributed by atoms with Crippen LogP contribution in [0.5, 0.6) is 0 Å². The summed E-state index contributed by atoms with van der Waals surface area (Å²) in [6.07, 6.45) is 5.54. The summed E-state index contributed by atoms with van der Waals surface area (Å²) in [5.41, 5.74) is -0.701. The van der Waals surface area contributed by atoms with Crippen molar-refractivity contribution in [3.63, 3.8) is 0 Å². The summed E-state index contributed by atoms with van der Waals surface area (Å²) >= 11 is 0. The Morgan fingerprint density at radius 3 is 2.43 bits per heavy atom. The molecule has 118 valence electrons. The smallest absolute Gasteiger partial charge is 0.303 e. The SMILES string of the molecule is C#CCN(C(=O)CC(C)(C)CC(=O)O)C1CCS(=O)(=O)C1. The zero-order chi connectivity index (χ0) is 16.3. The number of carboxylic acid groups (broad SMARTS) is 1. The highest BCUT2D eigenvalue weighted by Gasteiger charge is 2.36. The van der Waals surface area contributed by atoms with Gasteiger partial charge < -0.3 is 10.0 Å². The molecule has 0 aromatic carbocycles. The average Bonchev–Trinajstić information content (AvgIpc) is 2.63. The fraction of sp³-hybridized carbons (Fsp3) is 0.714. The molecule has 21 heavy (non-hydrogen) atoms. The van der Waals surface area contributed by atoms with Gasteiger partial charge in [-0.1, -0.05) is 19.8 Å². The summed E-state index contributed by atoms with van der Waals surface area (Å²) in [7, 11) is -3.11. The van der Waals surface area contributed by atoms with Crippen LogP contribution in [0.15, 0.2) is 0 Å². The fourth-order valence-electron chi connectivity index (χ4n) is 2.52. The highest BCUT2D eigenvalue weighted by molar-refractivity contribution is 7.91. The third kappa shape index (κ3) is 5.38. The van der Waals surface area contributed by atoms with Gasteiger partial charge in [0.15, 0.2) is 9.84 Å². The van der Waals surface area contributed by atoms with Crippen molar-refractivity contribution < 1.29 is 23.1 Å². The zero-order valence-corrected chi connectivity index (χ0v) is 13.1. The molecule has 7 heteroatoms. The standard InChI is InChI=1S/C14H21NO5S/c1-4-6-15(11-5-7-21(19,20)10-11)12(16)8-14(2,3)9-13(17)18/h1,11H,5-10H2,2-3H3,(H,17,18). The van der Waals surface area contributed by atoms with E-state index in [4.69, 9.17) is 11.5 Å². The lowest BCUT2D eigenvalue weighted by Crippen LogP contribution is -2.43. The van der Waals surface area contributed by atoms with Crippen LogP contribution >= 0.6 is 0 Å². The molecule has 1 saturated heterocycles. The fourth-order valence-corrected chi connectivity index (χ4v) is 4.25. The van der Waals surface area contributed by atoms with Gasteiger partial charge in [0.05, 0.1) is 24.5 Å². The van der Waals surface area contributed by atoms with Crippen LogP contribution in [0.25, 0.3) is 0 Å². The van der Waals surface area contributed by atoms with Crippen molar-refractivity contribution in [1.29, 1.82) is 0 Å². The Hall–Kier alpha value is -1.55. The van der Waals surface area contributed by atoms with E-state index in [1.165, 1.54) is 4.90 Å². The maximum Gasteiger partial charge on any atom is 0.303 e. The minimum atomic E-state index is -3.11. The molecule has 1 unspecified atom stereocenters. The number of carboxylic acids is 1. The van der Waals surface area contributed by atoms with E-state index >= 15 is 0 Å². The molecule has 0 saturated carbocycles. The van der Waals surface area contributed by atoms with E-state index in [9.17, 15) is 18.0 Å². The monoisotopic (exact) mass is 315 g/mol. The second kappa shape index (κ2) is 6.48. The Morgan fingerprint density at radius 1 is 1.38 bits per heavy atom. The molecule has 0 aliphatic carbocycles. The number of aliphatic carboxylic acids is 1. The van der Waals surface area contributed by atoms with Crippen molar-refractivity contribution in [3.05, 3.63) is 0 Å². The maximum absolute atomic E-state index is 12.4. The number of rotatable bonds is 6. The average molecular weight is 315 g/mol. The number of sulfone groups is 1. The number of hydrogen-bond donors (Lipinski definition) is 1. The number of hydrogen-bond acceptors (Lipinski definition) is 4. The third-order valence-corrected chi connectivity index (χ3v) is 5.24. The number of amides is 1. The van der Waals surface area contributed by atoms with E-state index in [1.807, 2.05) is 0 Å². The molecule has 0 bridgehead atoms. The Kier molecular flexibility index (Phi) is 5.40.